The third-order valence-corrected chi connectivity index (χ3v) is 5.10. The summed E-state index contributed by atoms with van der Waals surface area (Å²) in [5, 5.41) is 0. The van der Waals surface area contributed by atoms with Crippen LogP contribution in [0.1, 0.15) is 38.5 Å². The minimum absolute atomic E-state index is 0. The van der Waals surface area contributed by atoms with E-state index in [1.54, 1.807) is 0 Å². The summed E-state index contributed by atoms with van der Waals surface area (Å²) >= 11 is 0. The lowest BCUT2D eigenvalue weighted by molar-refractivity contribution is -0.135. The van der Waals surface area contributed by atoms with Gasteiger partial charge in [-0.1, -0.05) is 6.42 Å². The highest BCUT2D eigenvalue weighted by Gasteiger charge is 2.57. The first kappa shape index (κ1) is 14.1. The van der Waals surface area contributed by atoms with Crippen molar-refractivity contribution in [2.75, 3.05) is 19.6 Å². The van der Waals surface area contributed by atoms with Gasteiger partial charge in [0, 0.05) is 19.0 Å². The Hall–Kier alpha value is -0.280. The predicted octanol–water partition coefficient (Wildman–Crippen LogP) is 2.04. The van der Waals surface area contributed by atoms with Crippen molar-refractivity contribution in [1.29, 1.82) is 0 Å². The second-order valence-electron chi connectivity index (χ2n) is 6.15. The number of hydrogen-bond acceptors (Lipinski definition) is 2. The van der Waals surface area contributed by atoms with Gasteiger partial charge < -0.3 is 10.6 Å². The Balaban J connectivity index is 0.00000120. The Bertz CT molecular complexity index is 298. The quantitative estimate of drug-likeness (QED) is 0.855. The van der Waals surface area contributed by atoms with E-state index in [4.69, 9.17) is 5.73 Å². The van der Waals surface area contributed by atoms with Crippen LogP contribution in [0.5, 0.6) is 0 Å². The predicted molar refractivity (Wildman–Crippen MR) is 74.5 cm³/mol. The highest BCUT2D eigenvalue weighted by atomic mass is 35.5. The van der Waals surface area contributed by atoms with Crippen LogP contribution in [0, 0.1) is 23.7 Å². The molecule has 3 atom stereocenters. The van der Waals surface area contributed by atoms with Gasteiger partial charge in [-0.25, -0.2) is 0 Å². The zero-order valence-electron chi connectivity index (χ0n) is 11.0. The number of amides is 1. The maximum absolute atomic E-state index is 12.4. The molecule has 1 saturated heterocycles. The molecule has 0 aromatic carbocycles. The summed E-state index contributed by atoms with van der Waals surface area (Å²) in [4.78, 5) is 14.6. The third-order valence-electron chi connectivity index (χ3n) is 5.10. The molecule has 0 aromatic heterocycles. The molecule has 0 spiro atoms. The third kappa shape index (κ3) is 2.53. The lowest BCUT2D eigenvalue weighted by Crippen LogP contribution is -2.41. The molecule has 2 N–H and O–H groups in total. The summed E-state index contributed by atoms with van der Waals surface area (Å²) in [5.41, 5.74) is 5.62. The standard InChI is InChI=1S/C14H24N2O.ClH/c15-7-6-10-3-2-8-16(9-10)14(17)13-11-4-1-5-12(11)13;/h10-13H,1-9,15H2;1H. The van der Waals surface area contributed by atoms with Gasteiger partial charge in [0.05, 0.1) is 0 Å². The van der Waals surface area contributed by atoms with E-state index >= 15 is 0 Å². The van der Waals surface area contributed by atoms with Crippen molar-refractivity contribution in [3.05, 3.63) is 0 Å². The van der Waals surface area contributed by atoms with Crippen molar-refractivity contribution in [2.24, 2.45) is 29.4 Å². The molecule has 18 heavy (non-hydrogen) atoms. The van der Waals surface area contributed by atoms with Crippen molar-refractivity contribution < 1.29 is 4.79 Å². The Labute approximate surface area is 116 Å². The number of nitrogens with two attached hydrogens (primary N) is 1. The summed E-state index contributed by atoms with van der Waals surface area (Å²) < 4.78 is 0. The molecule has 1 aliphatic heterocycles. The molecule has 0 bridgehead atoms. The fraction of sp³-hybridized carbons (Fsp3) is 0.929. The first-order chi connectivity index (χ1) is 8.31. The van der Waals surface area contributed by atoms with Crippen LogP contribution in [-0.2, 0) is 4.79 Å². The molecule has 2 saturated carbocycles. The van der Waals surface area contributed by atoms with Crippen LogP contribution in [-0.4, -0.2) is 30.4 Å². The number of piperidine rings is 1. The molecule has 1 heterocycles. The highest BCUT2D eigenvalue weighted by Crippen LogP contribution is 2.58. The summed E-state index contributed by atoms with van der Waals surface area (Å²) in [5.74, 6) is 3.08. The van der Waals surface area contributed by atoms with Gasteiger partial charge in [0.25, 0.3) is 0 Å². The summed E-state index contributed by atoms with van der Waals surface area (Å²) in [6.45, 7) is 2.74. The van der Waals surface area contributed by atoms with Crippen LogP contribution < -0.4 is 5.73 Å². The molecule has 104 valence electrons. The Kier molecular flexibility index (Phi) is 4.54. The van der Waals surface area contributed by atoms with Gasteiger partial charge in [0.2, 0.25) is 5.91 Å². The first-order valence-corrected chi connectivity index (χ1v) is 7.30. The van der Waals surface area contributed by atoms with Gasteiger partial charge >= 0.3 is 0 Å². The first-order valence-electron chi connectivity index (χ1n) is 7.30. The van der Waals surface area contributed by atoms with Gasteiger partial charge in [-0.05, 0) is 56.4 Å². The normalized spacial score (nSPS) is 37.9. The molecule has 3 aliphatic rings. The van der Waals surface area contributed by atoms with Gasteiger partial charge in [-0.3, -0.25) is 4.79 Å². The number of likely N-dealkylation sites (tertiary alicyclic amines) is 1. The Morgan fingerprint density at radius 2 is 1.89 bits per heavy atom. The fourth-order valence-electron chi connectivity index (χ4n) is 4.14. The second-order valence-corrected chi connectivity index (χ2v) is 6.15. The number of hydrogen-bond donors (Lipinski definition) is 1. The average Bonchev–Trinajstić information content (AvgIpc) is 2.82. The molecular weight excluding hydrogens is 248 g/mol. The molecule has 0 radical (unpaired) electrons. The van der Waals surface area contributed by atoms with E-state index in [0.717, 1.165) is 37.9 Å². The molecule has 3 rings (SSSR count). The van der Waals surface area contributed by atoms with Crippen LogP contribution in [0.25, 0.3) is 0 Å². The zero-order chi connectivity index (χ0) is 11.8. The largest absolute Gasteiger partial charge is 0.342 e. The minimum Gasteiger partial charge on any atom is -0.342 e. The van der Waals surface area contributed by atoms with Gasteiger partial charge in [0.15, 0.2) is 0 Å². The van der Waals surface area contributed by atoms with E-state index in [-0.39, 0.29) is 12.4 Å². The number of nitrogens with zero attached hydrogens (tertiary/aromatic N) is 1. The van der Waals surface area contributed by atoms with Crippen LogP contribution in [0.4, 0.5) is 0 Å². The van der Waals surface area contributed by atoms with Gasteiger partial charge in [-0.2, -0.15) is 0 Å². The van der Waals surface area contributed by atoms with Crippen molar-refractivity contribution in [3.63, 3.8) is 0 Å². The zero-order valence-corrected chi connectivity index (χ0v) is 11.8. The molecule has 0 aromatic rings. The minimum atomic E-state index is 0. The summed E-state index contributed by atoms with van der Waals surface area (Å²) in [7, 11) is 0. The van der Waals surface area contributed by atoms with Gasteiger partial charge in [-0.15, -0.1) is 12.4 Å². The lowest BCUT2D eigenvalue weighted by Gasteiger charge is -2.33. The highest BCUT2D eigenvalue weighted by molar-refractivity contribution is 5.85. The van der Waals surface area contributed by atoms with E-state index in [1.165, 1.54) is 32.1 Å². The van der Waals surface area contributed by atoms with Crippen molar-refractivity contribution in [2.45, 2.75) is 38.5 Å². The molecule has 2 aliphatic carbocycles. The van der Waals surface area contributed by atoms with Crippen molar-refractivity contribution in [3.8, 4) is 0 Å². The van der Waals surface area contributed by atoms with Gasteiger partial charge in [0.1, 0.15) is 0 Å². The Morgan fingerprint density at radius 3 is 2.56 bits per heavy atom. The summed E-state index contributed by atoms with van der Waals surface area (Å²) in [6.07, 6.45) is 7.50. The molecule has 3 fully saturated rings. The van der Waals surface area contributed by atoms with E-state index < -0.39 is 0 Å². The molecular formula is C14H25ClN2O. The fourth-order valence-corrected chi connectivity index (χ4v) is 4.14. The lowest BCUT2D eigenvalue weighted by atomic mass is 9.94. The number of fused-ring (bicyclic) bond motifs is 1. The van der Waals surface area contributed by atoms with Crippen LogP contribution in [0.15, 0.2) is 0 Å². The van der Waals surface area contributed by atoms with E-state index in [1.807, 2.05) is 0 Å². The molecule has 4 heteroatoms. The van der Waals surface area contributed by atoms with Crippen molar-refractivity contribution in [1.82, 2.24) is 4.90 Å². The smallest absolute Gasteiger partial charge is 0.226 e. The SMILES string of the molecule is Cl.NCCC1CCCN(C(=O)C2C3CCCC32)C1. The number of rotatable bonds is 3. The molecule has 3 nitrogen and oxygen atoms in total. The van der Waals surface area contributed by atoms with E-state index in [2.05, 4.69) is 4.90 Å². The van der Waals surface area contributed by atoms with Crippen molar-refractivity contribution >= 4 is 18.3 Å². The average molecular weight is 273 g/mol. The molecule has 1 amide bonds. The maximum atomic E-state index is 12.4. The number of halogens is 1. The Morgan fingerprint density at radius 1 is 1.17 bits per heavy atom. The molecule has 3 unspecified atom stereocenters. The monoisotopic (exact) mass is 272 g/mol. The van der Waals surface area contributed by atoms with Crippen LogP contribution >= 0.6 is 12.4 Å². The maximum Gasteiger partial charge on any atom is 0.226 e. The second kappa shape index (κ2) is 5.79. The van der Waals surface area contributed by atoms with E-state index in [9.17, 15) is 4.79 Å². The van der Waals surface area contributed by atoms with E-state index in [0.29, 0.717) is 17.7 Å². The number of carbonyl (C=O) groups excluding carboxylic acids is 1. The topological polar surface area (TPSA) is 46.3 Å². The van der Waals surface area contributed by atoms with Crippen LogP contribution in [0.3, 0.4) is 0 Å². The summed E-state index contributed by atoms with van der Waals surface area (Å²) in [6, 6.07) is 0. The number of carbonyl (C=O) groups is 1. The van der Waals surface area contributed by atoms with Crippen LogP contribution in [0.2, 0.25) is 0 Å².